The van der Waals surface area contributed by atoms with Gasteiger partial charge in [-0.15, -0.1) is 0 Å². The molecule has 0 fully saturated rings. The van der Waals surface area contributed by atoms with Crippen LogP contribution in [-0.4, -0.2) is 271 Å². The Kier molecular flexibility index (Phi) is 66.1. The van der Waals surface area contributed by atoms with Crippen LogP contribution in [0, 0.1) is 47.3 Å². The summed E-state index contributed by atoms with van der Waals surface area (Å²) in [6.07, 6.45) is 3.88. The van der Waals surface area contributed by atoms with Crippen LogP contribution >= 0.6 is 0 Å². The minimum absolute atomic E-state index is 0.0152. The van der Waals surface area contributed by atoms with Crippen LogP contribution in [0.15, 0.2) is 0 Å². The van der Waals surface area contributed by atoms with Gasteiger partial charge in [0.1, 0.15) is 109 Å². The molecule has 0 aliphatic carbocycles. The van der Waals surface area contributed by atoms with Gasteiger partial charge in [0, 0.05) is 6.92 Å². The fraction of sp³-hybridized carbons (Fsp3) is 0.806. The Hall–Kier alpha value is -10.3. The van der Waals surface area contributed by atoms with Crippen LogP contribution in [0.25, 0.3) is 0 Å². The molecule has 0 saturated carbocycles. The normalized spacial score (nSPS) is 15.8. The summed E-state index contributed by atoms with van der Waals surface area (Å²) in [5.41, 5.74) is 34.5. The number of aliphatic hydroxyl groups is 1. The lowest BCUT2D eigenvalue weighted by atomic mass is 9.99. The minimum atomic E-state index is -1.65. The number of amides is 19. The van der Waals surface area contributed by atoms with Crippen molar-refractivity contribution in [1.29, 1.82) is 0 Å². The van der Waals surface area contributed by atoms with E-state index in [-0.39, 0.29) is 157 Å². The predicted octanol–water partition coefficient (Wildman–Crippen LogP) is -1.37. The highest BCUT2D eigenvalue weighted by molar-refractivity contribution is 6.01. The number of primary amides is 1. The molecule has 20 atom stereocenters. The molecule has 45 nitrogen and oxygen atoms in total. The molecule has 45 heteroatoms. The van der Waals surface area contributed by atoms with Crippen molar-refractivity contribution in [1.82, 2.24) is 101 Å². The summed E-state index contributed by atoms with van der Waals surface area (Å²) in [5, 5.41) is 63.2. The van der Waals surface area contributed by atoms with Crippen LogP contribution < -0.4 is 135 Å². The summed E-state index contributed by atoms with van der Waals surface area (Å²) in [5.74, 6) is -15.5. The SMILES string of the molecule is CC(=O)N[C@H](CCCCN)C(=O)NC(CC(C)C)C(=O)N[C@H](C)C(=O)NC(CC(C)C)C(=O)N[C@H](CCCCN)C(=O)NC(CC(C)C)C(=O)N[C@H](C)C(O)NC(CC(C)C)C(=O)N[C@H](CCCCN)C(=O)N[C@H](C)C(=O)N[C@H](CC(C)C)C(=O)N[C@H](CCCCN)C(=O)N[C@H](CC(C)C)C(=O)N[C@H](C)C(=O)N[C@H](C)C(=O)N[C@H](CC(C)C)C(=O)N[C@H](CCCCN)C(=O)NC(CC(C)C)C(=O)N[C@H](C)C(N)=O. The van der Waals surface area contributed by atoms with Crippen LogP contribution in [0.4, 0.5) is 0 Å². The van der Waals surface area contributed by atoms with E-state index < -0.39 is 233 Å². The number of hydrogen-bond donors (Lipinski definition) is 26. The Morgan fingerprint density at radius 3 is 0.559 bits per heavy atom. The van der Waals surface area contributed by atoms with Gasteiger partial charge in [0.05, 0.1) is 12.1 Å². The molecule has 0 spiro atoms. The van der Waals surface area contributed by atoms with Gasteiger partial charge in [-0.1, -0.05) is 111 Å². The van der Waals surface area contributed by atoms with E-state index in [9.17, 15) is 96.2 Å². The third kappa shape index (κ3) is 56.1. The quantitative estimate of drug-likeness (QED) is 0.0247. The zero-order valence-electron chi connectivity index (χ0n) is 89.6. The summed E-state index contributed by atoms with van der Waals surface area (Å²) in [6, 6.07) is -23.3. The predicted molar refractivity (Wildman–Crippen MR) is 547 cm³/mol. The Morgan fingerprint density at radius 1 is 0.196 bits per heavy atom. The smallest absolute Gasteiger partial charge is 0.243 e. The fourth-order valence-corrected chi connectivity index (χ4v) is 15.4. The first-order valence-electron chi connectivity index (χ1n) is 51.5. The molecule has 0 rings (SSSR count). The molecule has 0 aliphatic rings. The zero-order chi connectivity index (χ0) is 109. The van der Waals surface area contributed by atoms with Gasteiger partial charge in [-0.2, -0.15) is 0 Å². The number of nitrogens with two attached hydrogens (primary N) is 6. The fourth-order valence-electron chi connectivity index (χ4n) is 15.4. The number of rotatable bonds is 75. The highest BCUT2D eigenvalue weighted by Gasteiger charge is 2.40. The van der Waals surface area contributed by atoms with Crippen molar-refractivity contribution < 1.29 is 96.2 Å². The third-order valence-corrected chi connectivity index (χ3v) is 23.4. The second-order valence-electron chi connectivity index (χ2n) is 41.4. The average Bonchev–Trinajstić information content (AvgIpc) is 0.883. The first-order valence-corrected chi connectivity index (χ1v) is 51.5. The molecule has 19 amide bonds. The van der Waals surface area contributed by atoms with Crippen molar-refractivity contribution in [2.24, 2.45) is 81.7 Å². The molecular formula is C98H185N25O20. The molecular weight excluding hydrogens is 1850 g/mol. The molecule has 0 heterocycles. The summed E-state index contributed by atoms with van der Waals surface area (Å²) in [6.45, 7) is 40.0. The number of hydrogen-bond acceptors (Lipinski definition) is 26. The number of carbonyl (C=O) groups is 19. The van der Waals surface area contributed by atoms with Crippen molar-refractivity contribution in [2.45, 2.75) is 428 Å². The van der Waals surface area contributed by atoms with Crippen LogP contribution in [0.1, 0.15) is 307 Å². The number of aliphatic hydroxyl groups excluding tert-OH is 1. The van der Waals surface area contributed by atoms with Gasteiger partial charge in [0.15, 0.2) is 0 Å². The van der Waals surface area contributed by atoms with Gasteiger partial charge in [-0.05, 0) is 269 Å². The lowest BCUT2D eigenvalue weighted by Gasteiger charge is -2.30. The van der Waals surface area contributed by atoms with E-state index in [2.05, 4.69) is 101 Å². The topological polar surface area (TPSA) is 729 Å². The Bertz CT molecular complexity index is 3970. The Labute approximate surface area is 847 Å². The number of unbranched alkanes of at least 4 members (excludes halogenated alkanes) is 5. The molecule has 6 unspecified atom stereocenters. The molecule has 0 aromatic rings. The average molecular weight is 2030 g/mol. The molecule has 0 bridgehead atoms. The molecule has 0 aromatic carbocycles. The van der Waals surface area contributed by atoms with Crippen LogP contribution in [0.5, 0.6) is 0 Å². The minimum Gasteiger partial charge on any atom is -0.376 e. The molecule has 0 aromatic heterocycles. The van der Waals surface area contributed by atoms with Gasteiger partial charge in [-0.25, -0.2) is 0 Å². The monoisotopic (exact) mass is 2030 g/mol. The molecule has 822 valence electrons. The number of nitrogens with one attached hydrogen (secondary N) is 19. The molecule has 32 N–H and O–H groups in total. The second-order valence-corrected chi connectivity index (χ2v) is 41.4. The summed E-state index contributed by atoms with van der Waals surface area (Å²) in [4.78, 5) is 265. The summed E-state index contributed by atoms with van der Waals surface area (Å²) >= 11 is 0. The van der Waals surface area contributed by atoms with E-state index >= 15 is 0 Å². The maximum atomic E-state index is 14.6. The standard InChI is InChI=1S/C98H185N25O20/c1-52(2)44-72(91(136)105-60(17)80(104)125)121-88(133)69(36-26-31-41-101)113-96(141)77(49-57(11)12)116-82(127)62(19)106-81(126)61(18)108-92(137)74(46-54(5)6)122-89(134)70(37-27-32-42-102)114-97(142)78(50-58(13)14)117-83(128)63(20)107-86(131)68(35-25-30-40-100)112-95(140)76(48-56(9)10)118-84(129)65(22)110-94(139)75(47-55(7)8)123-90(135)71(38-28-33-43-103)115-98(143)79(51-59(15)16)119-85(130)64(21)109-93(138)73(45-53(3)4)120-87(132)67(111-66(23)124)34-24-29-39-99/h52-65,67-79,84,118,129H,24-51,99-103H2,1-23H3,(H2,104,125)(H,105,136)(H,106,126)(H,107,131)(H,108,137)(H,109,138)(H,110,139)(H,111,124)(H,112,140)(H,113,141)(H,114,142)(H,115,143)(H,116,127)(H,117,128)(H,119,130)(H,120,132)(H,121,133)(H,122,134)(H,123,135)/t60-,61-,62-,63-,64-,65-,67-,68-,69-,70-,71-,72?,73?,74-,75?,76?,77-,78-,79?,84?/m1/s1. The molecule has 143 heavy (non-hydrogen) atoms. The lowest BCUT2D eigenvalue weighted by Crippen LogP contribution is -2.61. The van der Waals surface area contributed by atoms with Gasteiger partial charge in [0.25, 0.3) is 0 Å². The highest BCUT2D eigenvalue weighted by Crippen LogP contribution is 2.19. The van der Waals surface area contributed by atoms with Gasteiger partial charge in [0.2, 0.25) is 112 Å². The second kappa shape index (κ2) is 71.2. The Balaban J connectivity index is 6.84. The lowest BCUT2D eigenvalue weighted by molar-refractivity contribution is -0.136. The molecule has 0 saturated heterocycles. The largest absolute Gasteiger partial charge is 0.376 e. The van der Waals surface area contributed by atoms with Crippen molar-refractivity contribution in [3.05, 3.63) is 0 Å². The summed E-state index contributed by atoms with van der Waals surface area (Å²) in [7, 11) is 0. The van der Waals surface area contributed by atoms with E-state index in [0.717, 1.165) is 0 Å². The maximum absolute atomic E-state index is 14.6. The first-order chi connectivity index (χ1) is 66.9. The van der Waals surface area contributed by atoms with E-state index in [1.165, 1.54) is 48.5 Å². The maximum Gasteiger partial charge on any atom is 0.243 e. The van der Waals surface area contributed by atoms with Crippen molar-refractivity contribution >= 4 is 112 Å². The van der Waals surface area contributed by atoms with Crippen LogP contribution in [0.3, 0.4) is 0 Å². The van der Waals surface area contributed by atoms with Gasteiger partial charge in [-0.3, -0.25) is 96.4 Å². The van der Waals surface area contributed by atoms with E-state index in [1.54, 1.807) is 41.5 Å². The number of carbonyl (C=O) groups excluding carboxylic acids is 19. The third-order valence-electron chi connectivity index (χ3n) is 23.4. The van der Waals surface area contributed by atoms with Crippen LogP contribution in [-0.2, 0) is 91.1 Å². The van der Waals surface area contributed by atoms with Gasteiger partial charge < -0.3 is 135 Å². The van der Waals surface area contributed by atoms with E-state index in [1.807, 2.05) is 69.2 Å². The summed E-state index contributed by atoms with van der Waals surface area (Å²) < 4.78 is 0. The van der Waals surface area contributed by atoms with Gasteiger partial charge >= 0.3 is 0 Å². The van der Waals surface area contributed by atoms with Crippen molar-refractivity contribution in [2.75, 3.05) is 32.7 Å². The van der Waals surface area contributed by atoms with Crippen molar-refractivity contribution in [3.63, 3.8) is 0 Å². The zero-order valence-corrected chi connectivity index (χ0v) is 89.6. The van der Waals surface area contributed by atoms with Crippen LogP contribution in [0.2, 0.25) is 0 Å². The van der Waals surface area contributed by atoms with E-state index in [0.29, 0.717) is 70.8 Å². The first kappa shape index (κ1) is 133. The Morgan fingerprint density at radius 2 is 0.350 bits per heavy atom. The highest BCUT2D eigenvalue weighted by atomic mass is 16.3. The van der Waals surface area contributed by atoms with E-state index in [4.69, 9.17) is 34.4 Å². The van der Waals surface area contributed by atoms with Crippen molar-refractivity contribution in [3.8, 4) is 0 Å². The molecule has 0 aliphatic heterocycles. The molecule has 0 radical (unpaired) electrons.